The van der Waals surface area contributed by atoms with Crippen LogP contribution in [0.2, 0.25) is 0 Å². The Morgan fingerprint density at radius 1 is 1.55 bits per heavy atom. The largest absolute Gasteiger partial charge is 0.304 e. The number of pyridine rings is 1. The predicted molar refractivity (Wildman–Crippen MR) is 38.0 cm³/mol. The van der Waals surface area contributed by atoms with Gasteiger partial charge in [0.05, 0.1) is 12.8 Å². The van der Waals surface area contributed by atoms with Gasteiger partial charge in [0.15, 0.2) is 0 Å². The van der Waals surface area contributed by atoms with Crippen LogP contribution in [0.1, 0.15) is 5.56 Å². The molecule has 1 rings (SSSR count). The molecule has 1 aromatic rings. The molecule has 0 bridgehead atoms. The van der Waals surface area contributed by atoms with E-state index >= 15 is 0 Å². The number of hydrogen-bond acceptors (Lipinski definition) is 3. The van der Waals surface area contributed by atoms with Gasteiger partial charge in [0, 0.05) is 6.20 Å². The van der Waals surface area contributed by atoms with Gasteiger partial charge in [-0.3, -0.25) is 4.98 Å². The molecular weight excluding hydrogens is 147 g/mol. The highest BCUT2D eigenvalue weighted by Crippen LogP contribution is 2.00. The van der Waals surface area contributed by atoms with Gasteiger partial charge in [0.1, 0.15) is 5.82 Å². The van der Waals surface area contributed by atoms with Crippen molar-refractivity contribution in [1.29, 1.82) is 0 Å². The van der Waals surface area contributed by atoms with Crippen LogP contribution in [0.15, 0.2) is 18.5 Å². The number of rotatable bonds is 3. The SMILES string of the molecule is NOCCc1cncc(F)c1. The smallest absolute Gasteiger partial charge is 0.141 e. The molecule has 0 unspecified atom stereocenters. The summed E-state index contributed by atoms with van der Waals surface area (Å²) in [5.41, 5.74) is 0.787. The van der Waals surface area contributed by atoms with E-state index < -0.39 is 0 Å². The van der Waals surface area contributed by atoms with Crippen LogP contribution >= 0.6 is 0 Å². The summed E-state index contributed by atoms with van der Waals surface area (Å²) >= 11 is 0. The van der Waals surface area contributed by atoms with Crippen molar-refractivity contribution in [3.8, 4) is 0 Å². The van der Waals surface area contributed by atoms with Crippen LogP contribution in [0, 0.1) is 5.82 Å². The van der Waals surface area contributed by atoms with E-state index in [1.54, 1.807) is 6.20 Å². The molecule has 0 aromatic carbocycles. The summed E-state index contributed by atoms with van der Waals surface area (Å²) < 4.78 is 12.5. The van der Waals surface area contributed by atoms with E-state index in [1.165, 1.54) is 6.07 Å². The molecule has 0 amide bonds. The highest BCUT2D eigenvalue weighted by molar-refractivity contribution is 5.09. The van der Waals surface area contributed by atoms with E-state index in [0.717, 1.165) is 11.8 Å². The van der Waals surface area contributed by atoms with Crippen molar-refractivity contribution in [2.75, 3.05) is 6.61 Å². The summed E-state index contributed by atoms with van der Waals surface area (Å²) in [6, 6.07) is 1.41. The van der Waals surface area contributed by atoms with E-state index in [1.807, 2.05) is 0 Å². The molecule has 0 radical (unpaired) electrons. The zero-order chi connectivity index (χ0) is 8.10. The molecule has 1 aromatic heterocycles. The number of hydrogen-bond donors (Lipinski definition) is 1. The van der Waals surface area contributed by atoms with Crippen molar-refractivity contribution in [3.05, 3.63) is 29.8 Å². The van der Waals surface area contributed by atoms with Gasteiger partial charge in [-0.2, -0.15) is 0 Å². The third kappa shape index (κ3) is 2.61. The summed E-state index contributed by atoms with van der Waals surface area (Å²) in [5.74, 6) is 4.47. The van der Waals surface area contributed by atoms with E-state index in [-0.39, 0.29) is 5.82 Å². The molecule has 0 atom stereocenters. The number of nitrogens with two attached hydrogens (primary N) is 1. The molecule has 11 heavy (non-hydrogen) atoms. The van der Waals surface area contributed by atoms with Crippen molar-refractivity contribution in [2.45, 2.75) is 6.42 Å². The molecule has 0 aliphatic carbocycles. The quantitative estimate of drug-likeness (QED) is 0.654. The lowest BCUT2D eigenvalue weighted by Crippen LogP contribution is -2.03. The predicted octanol–water partition coefficient (Wildman–Crippen LogP) is 0.653. The van der Waals surface area contributed by atoms with Gasteiger partial charge in [-0.25, -0.2) is 10.3 Å². The molecule has 0 saturated heterocycles. The molecule has 1 heterocycles. The molecule has 0 spiro atoms. The Hall–Kier alpha value is -1.00. The van der Waals surface area contributed by atoms with Gasteiger partial charge in [0.25, 0.3) is 0 Å². The molecule has 3 nitrogen and oxygen atoms in total. The first-order chi connectivity index (χ1) is 5.33. The van der Waals surface area contributed by atoms with Gasteiger partial charge in [-0.15, -0.1) is 0 Å². The summed E-state index contributed by atoms with van der Waals surface area (Å²) in [6.45, 7) is 0.380. The summed E-state index contributed by atoms with van der Waals surface area (Å²) in [5, 5.41) is 0. The Morgan fingerprint density at radius 3 is 3.00 bits per heavy atom. The Bertz CT molecular complexity index is 229. The molecule has 0 fully saturated rings. The van der Waals surface area contributed by atoms with E-state index in [4.69, 9.17) is 5.90 Å². The van der Waals surface area contributed by atoms with E-state index in [9.17, 15) is 4.39 Å². The van der Waals surface area contributed by atoms with Crippen LogP contribution < -0.4 is 5.90 Å². The van der Waals surface area contributed by atoms with Crippen molar-refractivity contribution >= 4 is 0 Å². The van der Waals surface area contributed by atoms with Crippen molar-refractivity contribution in [2.24, 2.45) is 5.90 Å². The van der Waals surface area contributed by atoms with Crippen molar-refractivity contribution in [3.63, 3.8) is 0 Å². The monoisotopic (exact) mass is 156 g/mol. The topological polar surface area (TPSA) is 48.1 Å². The molecule has 60 valence electrons. The third-order valence-electron chi connectivity index (χ3n) is 1.27. The maximum Gasteiger partial charge on any atom is 0.141 e. The third-order valence-corrected chi connectivity index (χ3v) is 1.27. The minimum Gasteiger partial charge on any atom is -0.304 e. The minimum absolute atomic E-state index is 0.334. The van der Waals surface area contributed by atoms with Crippen LogP contribution in [0.3, 0.4) is 0 Å². The molecule has 4 heteroatoms. The molecule has 0 saturated carbocycles. The van der Waals surface area contributed by atoms with Gasteiger partial charge < -0.3 is 4.84 Å². The number of halogens is 1. The second kappa shape index (κ2) is 4.00. The second-order valence-corrected chi connectivity index (χ2v) is 2.13. The highest BCUT2D eigenvalue weighted by atomic mass is 19.1. The molecule has 0 aliphatic heterocycles. The lowest BCUT2D eigenvalue weighted by Gasteiger charge is -1.97. The Morgan fingerprint density at radius 2 is 2.36 bits per heavy atom. The zero-order valence-electron chi connectivity index (χ0n) is 5.96. The number of aromatic nitrogens is 1. The van der Waals surface area contributed by atoms with Crippen LogP contribution in [-0.2, 0) is 11.3 Å². The average Bonchev–Trinajstić information content (AvgIpc) is 2.01. The zero-order valence-corrected chi connectivity index (χ0v) is 5.96. The fourth-order valence-corrected chi connectivity index (χ4v) is 0.769. The number of nitrogens with zero attached hydrogens (tertiary/aromatic N) is 1. The first-order valence-corrected chi connectivity index (χ1v) is 3.24. The van der Waals surface area contributed by atoms with Crippen molar-refractivity contribution in [1.82, 2.24) is 4.98 Å². The maximum absolute atomic E-state index is 12.5. The van der Waals surface area contributed by atoms with Crippen molar-refractivity contribution < 1.29 is 9.23 Å². The lowest BCUT2D eigenvalue weighted by molar-refractivity contribution is 0.141. The van der Waals surface area contributed by atoms with E-state index in [2.05, 4.69) is 9.82 Å². The first kappa shape index (κ1) is 8.10. The summed E-state index contributed by atoms with van der Waals surface area (Å²) in [6.07, 6.45) is 3.33. The van der Waals surface area contributed by atoms with Crippen LogP contribution in [-0.4, -0.2) is 11.6 Å². The maximum atomic E-state index is 12.5. The summed E-state index contributed by atoms with van der Waals surface area (Å²) in [4.78, 5) is 8.00. The Kier molecular flexibility index (Phi) is 2.95. The normalized spacial score (nSPS) is 10.0. The molecular formula is C7H9FN2O. The Labute approximate surface area is 64.0 Å². The lowest BCUT2D eigenvalue weighted by atomic mass is 10.2. The second-order valence-electron chi connectivity index (χ2n) is 2.13. The van der Waals surface area contributed by atoms with Crippen LogP contribution in [0.5, 0.6) is 0 Å². The van der Waals surface area contributed by atoms with Gasteiger partial charge in [0.2, 0.25) is 0 Å². The van der Waals surface area contributed by atoms with Gasteiger partial charge >= 0.3 is 0 Å². The van der Waals surface area contributed by atoms with Gasteiger partial charge in [-0.1, -0.05) is 0 Å². The fraction of sp³-hybridized carbons (Fsp3) is 0.286. The molecule has 0 aliphatic rings. The van der Waals surface area contributed by atoms with E-state index in [0.29, 0.717) is 13.0 Å². The van der Waals surface area contributed by atoms with Crippen LogP contribution in [0.4, 0.5) is 4.39 Å². The highest BCUT2D eigenvalue weighted by Gasteiger charge is 1.94. The average molecular weight is 156 g/mol. The first-order valence-electron chi connectivity index (χ1n) is 3.24. The molecule has 2 N–H and O–H groups in total. The van der Waals surface area contributed by atoms with Crippen LogP contribution in [0.25, 0.3) is 0 Å². The summed E-state index contributed by atoms with van der Waals surface area (Å²) in [7, 11) is 0. The Balaban J connectivity index is 2.56. The minimum atomic E-state index is -0.334. The van der Waals surface area contributed by atoms with Gasteiger partial charge in [-0.05, 0) is 18.1 Å². The fourth-order valence-electron chi connectivity index (χ4n) is 0.769. The standard InChI is InChI=1S/C7H9FN2O/c8-7-3-6(1-2-11-9)4-10-5-7/h3-5H,1-2,9H2.